The van der Waals surface area contributed by atoms with Crippen LogP contribution in [-0.4, -0.2) is 46.0 Å². The standard InChI is InChI=1S/C23H33NO4/c1-6-7-16-10-9-15-12-13(2)8-11-17(15)23(16,4)21(27)18-20(26)19(14(3)25)24(5)22(18)28/h6-7,9-10,13-17,19,25,27H,8,11-12H2,1-5H3/b7-6+,21-18+/t13-,14?,15+,16+,17-,19?,23+/m1/s1. The summed E-state index contributed by atoms with van der Waals surface area (Å²) in [5.41, 5.74) is -0.862. The van der Waals surface area contributed by atoms with Crippen LogP contribution < -0.4 is 0 Å². The van der Waals surface area contributed by atoms with E-state index in [0.717, 1.165) is 19.3 Å². The lowest BCUT2D eigenvalue weighted by atomic mass is 9.54. The maximum Gasteiger partial charge on any atom is 0.261 e. The minimum absolute atomic E-state index is 0.0869. The van der Waals surface area contributed by atoms with Crippen LogP contribution in [0.25, 0.3) is 0 Å². The van der Waals surface area contributed by atoms with Crippen LogP contribution in [0.3, 0.4) is 0 Å². The first kappa shape index (κ1) is 20.8. The van der Waals surface area contributed by atoms with E-state index in [4.69, 9.17) is 0 Å². The van der Waals surface area contributed by atoms with E-state index in [1.807, 2.05) is 26.0 Å². The zero-order valence-electron chi connectivity index (χ0n) is 17.6. The fraction of sp³-hybridized carbons (Fsp3) is 0.652. The van der Waals surface area contributed by atoms with Gasteiger partial charge >= 0.3 is 0 Å². The Morgan fingerprint density at radius 1 is 1.32 bits per heavy atom. The maximum atomic E-state index is 13.0. The molecular weight excluding hydrogens is 354 g/mol. The number of carbonyl (C=O) groups excluding carboxylic acids is 2. The third-order valence-corrected chi connectivity index (χ3v) is 7.26. The molecular formula is C23H33NO4. The third kappa shape index (κ3) is 3.04. The van der Waals surface area contributed by atoms with Crippen molar-refractivity contribution in [1.29, 1.82) is 0 Å². The number of hydrogen-bond acceptors (Lipinski definition) is 4. The smallest absolute Gasteiger partial charge is 0.261 e. The van der Waals surface area contributed by atoms with Gasteiger partial charge in [-0.05, 0) is 44.4 Å². The van der Waals surface area contributed by atoms with E-state index in [0.29, 0.717) is 11.8 Å². The number of carbonyl (C=O) groups is 2. The van der Waals surface area contributed by atoms with Gasteiger partial charge in [-0.1, -0.05) is 44.6 Å². The summed E-state index contributed by atoms with van der Waals surface area (Å²) in [4.78, 5) is 27.1. The number of Topliss-reactive ketones (excluding diaryl/α,β-unsaturated/α-hetero) is 1. The number of likely N-dealkylation sites (N-methyl/N-ethyl adjacent to an activating group) is 1. The number of ketones is 1. The van der Waals surface area contributed by atoms with E-state index < -0.39 is 29.3 Å². The largest absolute Gasteiger partial charge is 0.511 e. The van der Waals surface area contributed by atoms with Gasteiger partial charge in [0.15, 0.2) is 5.78 Å². The molecule has 2 N–H and O–H groups in total. The number of rotatable bonds is 3. The number of aliphatic hydroxyl groups excluding tert-OH is 2. The van der Waals surface area contributed by atoms with Gasteiger partial charge in [-0.2, -0.15) is 0 Å². The molecule has 1 heterocycles. The van der Waals surface area contributed by atoms with Crippen molar-refractivity contribution in [3.63, 3.8) is 0 Å². The molecule has 2 unspecified atom stereocenters. The second kappa shape index (κ2) is 7.51. The predicted molar refractivity (Wildman–Crippen MR) is 108 cm³/mol. The molecule has 0 spiro atoms. The van der Waals surface area contributed by atoms with E-state index in [1.54, 1.807) is 0 Å². The molecule has 28 heavy (non-hydrogen) atoms. The van der Waals surface area contributed by atoms with E-state index >= 15 is 0 Å². The SMILES string of the molecule is C/C=C/[C@H]1C=C[C@H]2C[C@H](C)CC[C@H]2[C@@]1(C)/C(O)=C1/C(=O)C(C(C)O)N(C)C1=O. The Kier molecular flexibility index (Phi) is 5.59. The number of allylic oxidation sites excluding steroid dienone is 5. The first-order chi connectivity index (χ1) is 13.1. The van der Waals surface area contributed by atoms with Crippen LogP contribution in [0.1, 0.15) is 47.0 Å². The van der Waals surface area contributed by atoms with Gasteiger partial charge in [-0.25, -0.2) is 0 Å². The molecule has 3 aliphatic rings. The Hall–Kier alpha value is -1.88. The van der Waals surface area contributed by atoms with Gasteiger partial charge in [-0.3, -0.25) is 9.59 Å². The molecule has 1 saturated carbocycles. The van der Waals surface area contributed by atoms with Crippen molar-refractivity contribution >= 4 is 11.7 Å². The molecule has 0 bridgehead atoms. The summed E-state index contributed by atoms with van der Waals surface area (Å²) in [7, 11) is 1.51. The summed E-state index contributed by atoms with van der Waals surface area (Å²) >= 11 is 0. The van der Waals surface area contributed by atoms with Crippen molar-refractivity contribution < 1.29 is 19.8 Å². The molecule has 5 heteroatoms. The normalized spacial score (nSPS) is 41.5. The summed E-state index contributed by atoms with van der Waals surface area (Å²) < 4.78 is 0. The van der Waals surface area contributed by atoms with E-state index in [9.17, 15) is 19.8 Å². The first-order valence-corrected chi connectivity index (χ1v) is 10.4. The van der Waals surface area contributed by atoms with E-state index in [2.05, 4.69) is 19.1 Å². The van der Waals surface area contributed by atoms with Gasteiger partial charge in [0.05, 0.1) is 6.10 Å². The summed E-state index contributed by atoms with van der Waals surface area (Å²) in [6.45, 7) is 7.69. The van der Waals surface area contributed by atoms with Crippen molar-refractivity contribution in [3.05, 3.63) is 35.6 Å². The van der Waals surface area contributed by atoms with Crippen LogP contribution in [0, 0.1) is 29.1 Å². The van der Waals surface area contributed by atoms with E-state index in [-0.39, 0.29) is 23.2 Å². The lowest BCUT2D eigenvalue weighted by molar-refractivity contribution is -0.128. The van der Waals surface area contributed by atoms with Crippen molar-refractivity contribution in [2.45, 2.75) is 59.1 Å². The Labute approximate surface area is 167 Å². The first-order valence-electron chi connectivity index (χ1n) is 10.4. The molecule has 3 rings (SSSR count). The number of amides is 1. The third-order valence-electron chi connectivity index (χ3n) is 7.26. The monoisotopic (exact) mass is 387 g/mol. The molecule has 1 aliphatic heterocycles. The van der Waals surface area contributed by atoms with Gasteiger partial charge in [0.25, 0.3) is 5.91 Å². The minimum atomic E-state index is -0.986. The van der Waals surface area contributed by atoms with Crippen molar-refractivity contribution in [2.24, 2.45) is 29.1 Å². The maximum absolute atomic E-state index is 13.0. The van der Waals surface area contributed by atoms with Gasteiger partial charge in [0, 0.05) is 18.4 Å². The molecule has 5 nitrogen and oxygen atoms in total. The Morgan fingerprint density at radius 2 is 2.00 bits per heavy atom. The highest BCUT2D eigenvalue weighted by Gasteiger charge is 2.54. The van der Waals surface area contributed by atoms with Crippen molar-refractivity contribution in [3.8, 4) is 0 Å². The highest BCUT2D eigenvalue weighted by Crippen LogP contribution is 2.56. The molecule has 0 aromatic rings. The number of aliphatic hydroxyl groups is 2. The molecule has 1 amide bonds. The molecule has 154 valence electrons. The Balaban J connectivity index is 2.14. The topological polar surface area (TPSA) is 77.8 Å². The molecule has 7 atom stereocenters. The number of nitrogens with zero attached hydrogens (tertiary/aromatic N) is 1. The highest BCUT2D eigenvalue weighted by molar-refractivity contribution is 6.27. The van der Waals surface area contributed by atoms with Crippen LogP contribution >= 0.6 is 0 Å². The molecule has 2 fully saturated rings. The Morgan fingerprint density at radius 3 is 2.57 bits per heavy atom. The van der Waals surface area contributed by atoms with Crippen LogP contribution in [0.4, 0.5) is 0 Å². The minimum Gasteiger partial charge on any atom is -0.511 e. The summed E-state index contributed by atoms with van der Waals surface area (Å²) in [6, 6.07) is -0.935. The zero-order chi connectivity index (χ0) is 20.8. The second-order valence-electron chi connectivity index (χ2n) is 9.10. The molecule has 0 aromatic heterocycles. The van der Waals surface area contributed by atoms with Gasteiger partial charge in [0.2, 0.25) is 0 Å². The summed E-state index contributed by atoms with van der Waals surface area (Å²) in [5, 5.41) is 21.5. The predicted octanol–water partition coefficient (Wildman–Crippen LogP) is 3.41. The highest BCUT2D eigenvalue weighted by atomic mass is 16.3. The fourth-order valence-corrected chi connectivity index (χ4v) is 5.66. The van der Waals surface area contributed by atoms with E-state index in [1.165, 1.54) is 18.9 Å². The van der Waals surface area contributed by atoms with Gasteiger partial charge in [0.1, 0.15) is 17.4 Å². The van der Waals surface area contributed by atoms with Crippen molar-refractivity contribution in [1.82, 2.24) is 4.90 Å². The van der Waals surface area contributed by atoms with Crippen molar-refractivity contribution in [2.75, 3.05) is 7.05 Å². The Bertz CT molecular complexity index is 750. The van der Waals surface area contributed by atoms with Crippen LogP contribution in [-0.2, 0) is 9.59 Å². The molecule has 1 saturated heterocycles. The second-order valence-corrected chi connectivity index (χ2v) is 9.10. The average molecular weight is 388 g/mol. The van der Waals surface area contributed by atoms with Gasteiger partial charge < -0.3 is 15.1 Å². The number of fused-ring (bicyclic) bond motifs is 1. The number of hydrogen-bond donors (Lipinski definition) is 2. The molecule has 0 aromatic carbocycles. The summed E-state index contributed by atoms with van der Waals surface area (Å²) in [6.07, 6.45) is 10.5. The number of likely N-dealkylation sites (tertiary alicyclic amines) is 1. The summed E-state index contributed by atoms with van der Waals surface area (Å²) in [5.74, 6) is -0.0388. The van der Waals surface area contributed by atoms with Crippen LogP contribution in [0.15, 0.2) is 35.6 Å². The fourth-order valence-electron chi connectivity index (χ4n) is 5.66. The average Bonchev–Trinajstić information content (AvgIpc) is 2.85. The van der Waals surface area contributed by atoms with Gasteiger partial charge in [-0.15, -0.1) is 0 Å². The zero-order valence-corrected chi connectivity index (χ0v) is 17.6. The molecule has 0 radical (unpaired) electrons. The molecule has 2 aliphatic carbocycles. The lowest BCUT2D eigenvalue weighted by Gasteiger charge is -2.50. The van der Waals surface area contributed by atoms with Crippen LogP contribution in [0.2, 0.25) is 0 Å². The lowest BCUT2D eigenvalue weighted by Crippen LogP contribution is -2.45. The van der Waals surface area contributed by atoms with Crippen LogP contribution in [0.5, 0.6) is 0 Å². The quantitative estimate of drug-likeness (QED) is 0.337.